The number of hydrogen-bond acceptors (Lipinski definition) is 6. The molecular formula is C15H18Cl2N6O2S. The molecule has 140 valence electrons. The molecule has 1 heterocycles. The van der Waals surface area contributed by atoms with Crippen molar-refractivity contribution in [1.29, 1.82) is 0 Å². The SMILES string of the molecule is CCCCNC(=O)NC(=O)CSc1nnc(-c2ccc(Cl)cc2Cl)n1N. The van der Waals surface area contributed by atoms with Crippen molar-refractivity contribution in [2.45, 2.75) is 24.9 Å². The molecular weight excluding hydrogens is 399 g/mol. The number of imide groups is 1. The van der Waals surface area contributed by atoms with Crippen LogP contribution in [0.15, 0.2) is 23.4 Å². The van der Waals surface area contributed by atoms with E-state index < -0.39 is 11.9 Å². The van der Waals surface area contributed by atoms with Gasteiger partial charge in [-0.3, -0.25) is 10.1 Å². The lowest BCUT2D eigenvalue weighted by Gasteiger charge is -2.07. The number of nitrogens with two attached hydrogens (primary N) is 1. The second kappa shape index (κ2) is 9.65. The molecule has 11 heteroatoms. The Labute approximate surface area is 164 Å². The number of unbranched alkanes of at least 4 members (excludes halogenated alkanes) is 1. The third kappa shape index (κ3) is 5.52. The van der Waals surface area contributed by atoms with Crippen LogP contribution < -0.4 is 16.5 Å². The molecule has 4 N–H and O–H groups in total. The number of thioether (sulfide) groups is 1. The van der Waals surface area contributed by atoms with Crippen LogP contribution in [-0.4, -0.2) is 39.1 Å². The maximum absolute atomic E-state index is 11.8. The third-order valence-electron chi connectivity index (χ3n) is 3.24. The number of carbonyl (C=O) groups excluding carboxylic acids is 2. The van der Waals surface area contributed by atoms with E-state index in [1.807, 2.05) is 6.92 Å². The van der Waals surface area contributed by atoms with Gasteiger partial charge in [-0.15, -0.1) is 10.2 Å². The van der Waals surface area contributed by atoms with Crippen LogP contribution >= 0.6 is 35.0 Å². The summed E-state index contributed by atoms with van der Waals surface area (Å²) in [6, 6.07) is 4.39. The van der Waals surface area contributed by atoms with E-state index in [4.69, 9.17) is 29.0 Å². The maximum Gasteiger partial charge on any atom is 0.321 e. The first kappa shape index (κ1) is 20.3. The Morgan fingerprint density at radius 3 is 2.77 bits per heavy atom. The van der Waals surface area contributed by atoms with E-state index in [2.05, 4.69) is 20.8 Å². The molecule has 2 rings (SSSR count). The fourth-order valence-electron chi connectivity index (χ4n) is 1.95. The van der Waals surface area contributed by atoms with Gasteiger partial charge in [0, 0.05) is 17.1 Å². The van der Waals surface area contributed by atoms with E-state index >= 15 is 0 Å². The zero-order chi connectivity index (χ0) is 19.1. The number of rotatable bonds is 7. The molecule has 0 bridgehead atoms. The molecule has 0 aliphatic rings. The van der Waals surface area contributed by atoms with E-state index in [-0.39, 0.29) is 5.75 Å². The van der Waals surface area contributed by atoms with E-state index in [1.54, 1.807) is 18.2 Å². The smallest absolute Gasteiger partial charge is 0.321 e. The van der Waals surface area contributed by atoms with Crippen molar-refractivity contribution >= 4 is 46.9 Å². The maximum atomic E-state index is 11.8. The van der Waals surface area contributed by atoms with Gasteiger partial charge in [0.05, 0.1) is 10.8 Å². The number of hydrogen-bond donors (Lipinski definition) is 3. The molecule has 0 radical (unpaired) electrons. The Morgan fingerprint density at radius 2 is 2.08 bits per heavy atom. The largest absolute Gasteiger partial charge is 0.338 e. The molecule has 1 aromatic heterocycles. The number of halogens is 2. The van der Waals surface area contributed by atoms with E-state index in [1.165, 1.54) is 4.68 Å². The minimum Gasteiger partial charge on any atom is -0.338 e. The summed E-state index contributed by atoms with van der Waals surface area (Å²) in [5, 5.41) is 14.0. The number of urea groups is 1. The first-order valence-corrected chi connectivity index (χ1v) is 9.53. The van der Waals surface area contributed by atoms with Gasteiger partial charge in [0.1, 0.15) is 0 Å². The summed E-state index contributed by atoms with van der Waals surface area (Å²) in [4.78, 5) is 23.3. The molecule has 0 saturated carbocycles. The molecule has 0 aliphatic heterocycles. The number of nitrogens with one attached hydrogen (secondary N) is 2. The average molecular weight is 417 g/mol. The minimum absolute atomic E-state index is 0.0368. The summed E-state index contributed by atoms with van der Waals surface area (Å²) in [5.74, 6) is 5.82. The molecule has 1 aromatic carbocycles. The predicted molar refractivity (Wildman–Crippen MR) is 103 cm³/mol. The van der Waals surface area contributed by atoms with Crippen LogP contribution in [0.2, 0.25) is 10.0 Å². The molecule has 0 unspecified atom stereocenters. The number of nitrogen functional groups attached to an aromatic ring is 1. The molecule has 0 saturated heterocycles. The molecule has 0 spiro atoms. The van der Waals surface area contributed by atoms with Gasteiger partial charge in [-0.2, -0.15) is 0 Å². The number of amides is 3. The Hall–Kier alpha value is -1.97. The minimum atomic E-state index is -0.521. The summed E-state index contributed by atoms with van der Waals surface area (Å²) in [5.41, 5.74) is 0.567. The van der Waals surface area contributed by atoms with Crippen molar-refractivity contribution in [2.75, 3.05) is 18.1 Å². The fourth-order valence-corrected chi connectivity index (χ4v) is 3.10. The lowest BCUT2D eigenvalue weighted by atomic mass is 10.2. The zero-order valence-electron chi connectivity index (χ0n) is 14.0. The second-order valence-corrected chi connectivity index (χ2v) is 7.03. The van der Waals surface area contributed by atoms with E-state index in [9.17, 15) is 9.59 Å². The van der Waals surface area contributed by atoms with Gasteiger partial charge in [-0.05, 0) is 24.6 Å². The van der Waals surface area contributed by atoms with Gasteiger partial charge in [0.25, 0.3) is 0 Å². The van der Waals surface area contributed by atoms with Crippen molar-refractivity contribution < 1.29 is 9.59 Å². The van der Waals surface area contributed by atoms with Gasteiger partial charge >= 0.3 is 6.03 Å². The first-order chi connectivity index (χ1) is 12.4. The molecule has 8 nitrogen and oxygen atoms in total. The molecule has 3 amide bonds. The molecule has 26 heavy (non-hydrogen) atoms. The van der Waals surface area contributed by atoms with Gasteiger partial charge in [0.2, 0.25) is 11.1 Å². The van der Waals surface area contributed by atoms with Crippen LogP contribution in [0.1, 0.15) is 19.8 Å². The number of nitrogens with zero attached hydrogens (tertiary/aromatic N) is 3. The number of benzene rings is 1. The molecule has 0 aliphatic carbocycles. The van der Waals surface area contributed by atoms with Crippen molar-refractivity contribution in [2.24, 2.45) is 0 Å². The lowest BCUT2D eigenvalue weighted by molar-refractivity contribution is -0.117. The Morgan fingerprint density at radius 1 is 1.31 bits per heavy atom. The Balaban J connectivity index is 1.94. The van der Waals surface area contributed by atoms with Crippen LogP contribution in [0, 0.1) is 0 Å². The predicted octanol–water partition coefficient (Wildman–Crippen LogP) is 2.68. The van der Waals surface area contributed by atoms with Crippen molar-refractivity contribution in [1.82, 2.24) is 25.5 Å². The van der Waals surface area contributed by atoms with Crippen molar-refractivity contribution in [3.8, 4) is 11.4 Å². The van der Waals surface area contributed by atoms with E-state index in [0.717, 1.165) is 24.6 Å². The van der Waals surface area contributed by atoms with Crippen LogP contribution in [-0.2, 0) is 4.79 Å². The summed E-state index contributed by atoms with van der Waals surface area (Å²) in [6.45, 7) is 2.53. The lowest BCUT2D eigenvalue weighted by Crippen LogP contribution is -2.40. The van der Waals surface area contributed by atoms with Gasteiger partial charge < -0.3 is 11.2 Å². The summed E-state index contributed by atoms with van der Waals surface area (Å²) < 4.78 is 1.23. The third-order valence-corrected chi connectivity index (χ3v) is 4.73. The first-order valence-electron chi connectivity index (χ1n) is 7.78. The number of aromatic nitrogens is 3. The highest BCUT2D eigenvalue weighted by atomic mass is 35.5. The normalized spacial score (nSPS) is 10.6. The van der Waals surface area contributed by atoms with E-state index in [0.29, 0.717) is 33.1 Å². The highest BCUT2D eigenvalue weighted by Crippen LogP contribution is 2.30. The van der Waals surface area contributed by atoms with Crippen molar-refractivity contribution in [3.63, 3.8) is 0 Å². The zero-order valence-corrected chi connectivity index (χ0v) is 16.3. The van der Waals surface area contributed by atoms with Gasteiger partial charge in [-0.1, -0.05) is 48.3 Å². The average Bonchev–Trinajstić information content (AvgIpc) is 2.94. The molecule has 0 fully saturated rings. The molecule has 0 atom stereocenters. The molecule has 2 aromatic rings. The quantitative estimate of drug-likeness (QED) is 0.363. The number of carbonyl (C=O) groups is 2. The van der Waals surface area contributed by atoms with Crippen LogP contribution in [0.5, 0.6) is 0 Å². The second-order valence-electron chi connectivity index (χ2n) is 5.25. The van der Waals surface area contributed by atoms with Crippen molar-refractivity contribution in [3.05, 3.63) is 28.2 Å². The monoisotopic (exact) mass is 416 g/mol. The van der Waals surface area contributed by atoms with Crippen LogP contribution in [0.3, 0.4) is 0 Å². The Bertz CT molecular complexity index is 798. The van der Waals surface area contributed by atoms with Gasteiger partial charge in [0.15, 0.2) is 5.82 Å². The highest BCUT2D eigenvalue weighted by molar-refractivity contribution is 7.99. The fraction of sp³-hybridized carbons (Fsp3) is 0.333. The summed E-state index contributed by atoms with van der Waals surface area (Å²) >= 11 is 13.1. The summed E-state index contributed by atoms with van der Waals surface area (Å²) in [7, 11) is 0. The summed E-state index contributed by atoms with van der Waals surface area (Å²) in [6.07, 6.45) is 1.80. The Kier molecular flexibility index (Phi) is 7.55. The highest BCUT2D eigenvalue weighted by Gasteiger charge is 2.16. The topological polar surface area (TPSA) is 115 Å². The van der Waals surface area contributed by atoms with Crippen LogP contribution in [0.4, 0.5) is 4.79 Å². The van der Waals surface area contributed by atoms with Gasteiger partial charge in [-0.25, -0.2) is 9.47 Å². The standard InChI is InChI=1S/C15H18Cl2N6O2S/c1-2-3-6-19-14(25)20-12(24)8-26-15-22-21-13(23(15)18)10-5-4-9(16)7-11(10)17/h4-5,7H,2-3,6,8,18H2,1H3,(H2,19,20,24,25). The van der Waals surface area contributed by atoms with Crippen LogP contribution in [0.25, 0.3) is 11.4 Å².